The molecule has 3 nitrogen and oxygen atoms in total. The molecular weight excluding hydrogens is 236 g/mol. The molecule has 0 saturated heterocycles. The van der Waals surface area contributed by atoms with Gasteiger partial charge in [0.25, 0.3) is 0 Å². The lowest BCUT2D eigenvalue weighted by Gasteiger charge is -2.08. The van der Waals surface area contributed by atoms with E-state index in [1.54, 1.807) is 11.3 Å². The number of aryl methyl sites for hydroxylation is 1. The SMILES string of the molecule is CC(C)OCCOC(=O)CCCc1cccs1. The number of hydrogen-bond acceptors (Lipinski definition) is 4. The Kier molecular flexibility index (Phi) is 6.89. The second kappa shape index (κ2) is 8.25. The highest BCUT2D eigenvalue weighted by Crippen LogP contribution is 2.12. The van der Waals surface area contributed by atoms with E-state index < -0.39 is 0 Å². The van der Waals surface area contributed by atoms with Crippen LogP contribution in [0.1, 0.15) is 31.6 Å². The second-order valence-electron chi connectivity index (χ2n) is 4.07. The van der Waals surface area contributed by atoms with Crippen LogP contribution in [0.2, 0.25) is 0 Å². The first-order valence-corrected chi connectivity index (χ1v) is 6.86. The minimum atomic E-state index is -0.131. The molecule has 0 radical (unpaired) electrons. The Labute approximate surface area is 107 Å². The molecule has 0 fully saturated rings. The standard InChI is InChI=1S/C13H20O3S/c1-11(2)15-8-9-16-13(14)7-3-5-12-6-4-10-17-12/h4,6,10-11H,3,5,7-9H2,1-2H3. The van der Waals surface area contributed by atoms with Gasteiger partial charge in [0.05, 0.1) is 12.7 Å². The molecule has 0 N–H and O–H groups in total. The van der Waals surface area contributed by atoms with Crippen LogP contribution in [-0.2, 0) is 20.7 Å². The lowest BCUT2D eigenvalue weighted by molar-refractivity contribution is -0.145. The first kappa shape index (κ1) is 14.2. The van der Waals surface area contributed by atoms with Gasteiger partial charge in [-0.05, 0) is 38.1 Å². The summed E-state index contributed by atoms with van der Waals surface area (Å²) < 4.78 is 10.3. The molecule has 1 aromatic rings. The maximum atomic E-state index is 11.3. The summed E-state index contributed by atoms with van der Waals surface area (Å²) >= 11 is 1.73. The molecule has 96 valence electrons. The number of rotatable bonds is 8. The zero-order valence-corrected chi connectivity index (χ0v) is 11.3. The van der Waals surface area contributed by atoms with Gasteiger partial charge >= 0.3 is 5.97 Å². The van der Waals surface area contributed by atoms with Crippen LogP contribution in [-0.4, -0.2) is 25.3 Å². The lowest BCUT2D eigenvalue weighted by atomic mass is 10.2. The molecule has 0 aliphatic carbocycles. The van der Waals surface area contributed by atoms with E-state index in [0.717, 1.165) is 12.8 Å². The van der Waals surface area contributed by atoms with Crippen molar-refractivity contribution in [3.63, 3.8) is 0 Å². The second-order valence-corrected chi connectivity index (χ2v) is 5.11. The average Bonchev–Trinajstić information content (AvgIpc) is 2.77. The summed E-state index contributed by atoms with van der Waals surface area (Å²) in [5, 5.41) is 2.05. The van der Waals surface area contributed by atoms with Crippen molar-refractivity contribution in [2.45, 2.75) is 39.2 Å². The van der Waals surface area contributed by atoms with Crippen LogP contribution in [0, 0.1) is 0 Å². The lowest BCUT2D eigenvalue weighted by Crippen LogP contribution is -2.13. The monoisotopic (exact) mass is 256 g/mol. The molecule has 0 atom stereocenters. The van der Waals surface area contributed by atoms with Gasteiger partial charge in [0, 0.05) is 11.3 Å². The summed E-state index contributed by atoms with van der Waals surface area (Å²) in [5.74, 6) is -0.131. The number of thiophene rings is 1. The summed E-state index contributed by atoms with van der Waals surface area (Å²) in [5.41, 5.74) is 0. The Hall–Kier alpha value is -0.870. The van der Waals surface area contributed by atoms with E-state index in [9.17, 15) is 4.79 Å². The topological polar surface area (TPSA) is 35.5 Å². The fourth-order valence-electron chi connectivity index (χ4n) is 1.37. The first-order chi connectivity index (χ1) is 8.18. The minimum absolute atomic E-state index is 0.131. The number of esters is 1. The predicted octanol–water partition coefficient (Wildman–Crippen LogP) is 3.04. The third kappa shape index (κ3) is 7.13. The summed E-state index contributed by atoms with van der Waals surface area (Å²) in [6, 6.07) is 4.12. The third-order valence-corrected chi connectivity index (χ3v) is 3.12. The molecule has 4 heteroatoms. The maximum Gasteiger partial charge on any atom is 0.305 e. The van der Waals surface area contributed by atoms with Crippen LogP contribution < -0.4 is 0 Å². The van der Waals surface area contributed by atoms with Crippen molar-refractivity contribution < 1.29 is 14.3 Å². The molecule has 0 bridgehead atoms. The van der Waals surface area contributed by atoms with Gasteiger partial charge in [-0.1, -0.05) is 6.07 Å². The van der Waals surface area contributed by atoms with Crippen LogP contribution in [0.25, 0.3) is 0 Å². The Morgan fingerprint density at radius 1 is 1.41 bits per heavy atom. The Morgan fingerprint density at radius 2 is 2.24 bits per heavy atom. The number of carbonyl (C=O) groups excluding carboxylic acids is 1. The molecule has 0 spiro atoms. The van der Waals surface area contributed by atoms with Crippen LogP contribution in [0.4, 0.5) is 0 Å². The minimum Gasteiger partial charge on any atom is -0.463 e. The molecule has 0 amide bonds. The third-order valence-electron chi connectivity index (χ3n) is 2.18. The maximum absolute atomic E-state index is 11.3. The summed E-state index contributed by atoms with van der Waals surface area (Å²) in [6.07, 6.45) is 2.48. The van der Waals surface area contributed by atoms with Crippen molar-refractivity contribution >= 4 is 17.3 Å². The molecule has 0 aliphatic heterocycles. The summed E-state index contributed by atoms with van der Waals surface area (Å²) in [7, 11) is 0. The quantitative estimate of drug-likeness (QED) is 0.530. The average molecular weight is 256 g/mol. The van der Waals surface area contributed by atoms with Crippen molar-refractivity contribution in [1.29, 1.82) is 0 Å². The van der Waals surface area contributed by atoms with Gasteiger partial charge in [-0.2, -0.15) is 0 Å². The van der Waals surface area contributed by atoms with Crippen LogP contribution in [0.15, 0.2) is 17.5 Å². The molecular formula is C13H20O3S. The van der Waals surface area contributed by atoms with Gasteiger partial charge in [0.1, 0.15) is 6.61 Å². The normalized spacial score (nSPS) is 10.8. The fraction of sp³-hybridized carbons (Fsp3) is 0.615. The van der Waals surface area contributed by atoms with E-state index in [-0.39, 0.29) is 12.1 Å². The molecule has 1 heterocycles. The van der Waals surface area contributed by atoms with Crippen LogP contribution >= 0.6 is 11.3 Å². The smallest absolute Gasteiger partial charge is 0.305 e. The van der Waals surface area contributed by atoms with E-state index in [0.29, 0.717) is 19.6 Å². The Morgan fingerprint density at radius 3 is 2.88 bits per heavy atom. The zero-order chi connectivity index (χ0) is 12.5. The fourth-order valence-corrected chi connectivity index (χ4v) is 2.12. The van der Waals surface area contributed by atoms with E-state index in [1.165, 1.54) is 4.88 Å². The van der Waals surface area contributed by atoms with Crippen molar-refractivity contribution in [2.24, 2.45) is 0 Å². The molecule has 0 aromatic carbocycles. The molecule has 1 rings (SSSR count). The van der Waals surface area contributed by atoms with E-state index >= 15 is 0 Å². The highest BCUT2D eigenvalue weighted by molar-refractivity contribution is 7.09. The molecule has 0 saturated carbocycles. The summed E-state index contributed by atoms with van der Waals surface area (Å²) in [6.45, 7) is 4.76. The van der Waals surface area contributed by atoms with Crippen molar-refractivity contribution in [2.75, 3.05) is 13.2 Å². The van der Waals surface area contributed by atoms with E-state index in [2.05, 4.69) is 11.4 Å². The van der Waals surface area contributed by atoms with Gasteiger partial charge in [-0.15, -0.1) is 11.3 Å². The molecule has 0 aliphatic rings. The molecule has 17 heavy (non-hydrogen) atoms. The van der Waals surface area contributed by atoms with Gasteiger partial charge in [-0.25, -0.2) is 0 Å². The van der Waals surface area contributed by atoms with Gasteiger partial charge in [-0.3, -0.25) is 4.79 Å². The van der Waals surface area contributed by atoms with Crippen LogP contribution in [0.5, 0.6) is 0 Å². The largest absolute Gasteiger partial charge is 0.463 e. The van der Waals surface area contributed by atoms with Crippen molar-refractivity contribution in [1.82, 2.24) is 0 Å². The van der Waals surface area contributed by atoms with Gasteiger partial charge < -0.3 is 9.47 Å². The Bertz CT molecular complexity index is 306. The zero-order valence-electron chi connectivity index (χ0n) is 10.5. The van der Waals surface area contributed by atoms with E-state index in [4.69, 9.17) is 9.47 Å². The van der Waals surface area contributed by atoms with Gasteiger partial charge in [0.15, 0.2) is 0 Å². The van der Waals surface area contributed by atoms with Crippen LogP contribution in [0.3, 0.4) is 0 Å². The Balaban J connectivity index is 1.98. The number of hydrogen-bond donors (Lipinski definition) is 0. The van der Waals surface area contributed by atoms with Crippen molar-refractivity contribution in [3.8, 4) is 0 Å². The summed E-state index contributed by atoms with van der Waals surface area (Å²) in [4.78, 5) is 12.7. The van der Waals surface area contributed by atoms with Crippen molar-refractivity contribution in [3.05, 3.63) is 22.4 Å². The van der Waals surface area contributed by atoms with Gasteiger partial charge in [0.2, 0.25) is 0 Å². The molecule has 0 unspecified atom stereocenters. The highest BCUT2D eigenvalue weighted by atomic mass is 32.1. The first-order valence-electron chi connectivity index (χ1n) is 5.98. The van der Waals surface area contributed by atoms with E-state index in [1.807, 2.05) is 19.9 Å². The number of ether oxygens (including phenoxy) is 2. The number of carbonyl (C=O) groups is 1. The highest BCUT2D eigenvalue weighted by Gasteiger charge is 2.03. The predicted molar refractivity (Wildman–Crippen MR) is 69.3 cm³/mol. The molecule has 1 aromatic heterocycles.